The number of tetrazole rings is 1. The average molecular weight is 222 g/mol. The summed E-state index contributed by atoms with van der Waals surface area (Å²) < 4.78 is 0. The van der Waals surface area contributed by atoms with Crippen LogP contribution in [-0.2, 0) is 4.79 Å². The second kappa shape index (κ2) is 4.70. The summed E-state index contributed by atoms with van der Waals surface area (Å²) in [6.07, 6.45) is 0.453. The van der Waals surface area contributed by atoms with Gasteiger partial charge in [0.05, 0.1) is 12.1 Å². The molecule has 86 valence electrons. The molecule has 0 aliphatic carbocycles. The Morgan fingerprint density at radius 2 is 2.44 bits per heavy atom. The molecule has 2 N–H and O–H groups in total. The highest BCUT2D eigenvalue weighted by Gasteiger charge is 2.32. The second-order valence-corrected chi connectivity index (χ2v) is 3.76. The van der Waals surface area contributed by atoms with Crippen LogP contribution in [0.4, 0.5) is 0 Å². The van der Waals surface area contributed by atoms with Crippen LogP contribution in [0.5, 0.6) is 0 Å². The van der Waals surface area contributed by atoms with Gasteiger partial charge in [0.15, 0.2) is 5.82 Å². The molecule has 0 fully saturated rings. The summed E-state index contributed by atoms with van der Waals surface area (Å²) in [6.45, 7) is 5.13. The molecule has 1 aromatic heterocycles. The van der Waals surface area contributed by atoms with E-state index in [9.17, 15) is 4.79 Å². The summed E-state index contributed by atoms with van der Waals surface area (Å²) in [7, 11) is 0. The Balaban J connectivity index is 2.69. The Morgan fingerprint density at radius 3 is 2.88 bits per heavy atom. The molecular formula is C9H14N6O. The van der Waals surface area contributed by atoms with Gasteiger partial charge in [-0.05, 0) is 20.3 Å². The zero-order valence-corrected chi connectivity index (χ0v) is 9.48. The lowest BCUT2D eigenvalue weighted by atomic mass is 9.88. The normalized spacial score (nSPS) is 15.9. The number of carbonyl (C=O) groups excluding carboxylic acids is 1. The lowest BCUT2D eigenvalue weighted by Crippen LogP contribution is -2.39. The molecule has 7 heteroatoms. The number of aromatic nitrogens is 4. The van der Waals surface area contributed by atoms with Gasteiger partial charge in [-0.1, -0.05) is 12.1 Å². The fourth-order valence-electron chi connectivity index (χ4n) is 1.06. The number of carbonyl (C=O) groups is 1. The highest BCUT2D eigenvalue weighted by molar-refractivity contribution is 5.85. The molecule has 2 atom stereocenters. The maximum Gasteiger partial charge on any atom is 0.240 e. The third-order valence-corrected chi connectivity index (χ3v) is 2.55. The summed E-state index contributed by atoms with van der Waals surface area (Å²) in [5, 5.41) is 24.8. The van der Waals surface area contributed by atoms with Crippen LogP contribution in [0.1, 0.15) is 39.1 Å². The van der Waals surface area contributed by atoms with Crippen molar-refractivity contribution < 1.29 is 4.79 Å². The van der Waals surface area contributed by atoms with Crippen LogP contribution < -0.4 is 5.32 Å². The van der Waals surface area contributed by atoms with Gasteiger partial charge >= 0.3 is 0 Å². The zero-order chi connectivity index (χ0) is 12.2. The minimum absolute atomic E-state index is 0.324. The van der Waals surface area contributed by atoms with E-state index in [1.165, 1.54) is 0 Å². The number of hydrogen-bond donors (Lipinski definition) is 2. The molecule has 1 aromatic rings. The van der Waals surface area contributed by atoms with Crippen molar-refractivity contribution in [3.8, 4) is 6.07 Å². The van der Waals surface area contributed by atoms with E-state index in [2.05, 4.69) is 25.9 Å². The smallest absolute Gasteiger partial charge is 0.240 e. The van der Waals surface area contributed by atoms with Crippen molar-refractivity contribution in [3.63, 3.8) is 0 Å². The number of nitrogens with zero attached hydrogens (tertiary/aromatic N) is 4. The summed E-state index contributed by atoms with van der Waals surface area (Å²) in [6, 6.07) is 1.63. The van der Waals surface area contributed by atoms with Crippen molar-refractivity contribution in [1.29, 1.82) is 5.26 Å². The minimum Gasteiger partial charge on any atom is -0.345 e. The van der Waals surface area contributed by atoms with E-state index in [-0.39, 0.29) is 11.9 Å². The van der Waals surface area contributed by atoms with E-state index < -0.39 is 5.41 Å². The first-order chi connectivity index (χ1) is 7.53. The van der Waals surface area contributed by atoms with Crippen molar-refractivity contribution in [2.45, 2.75) is 33.2 Å². The van der Waals surface area contributed by atoms with E-state index in [1.54, 1.807) is 20.8 Å². The molecule has 0 saturated heterocycles. The Labute approximate surface area is 93.2 Å². The molecular weight excluding hydrogens is 208 g/mol. The number of nitriles is 1. The van der Waals surface area contributed by atoms with E-state index in [4.69, 9.17) is 5.26 Å². The Kier molecular flexibility index (Phi) is 3.55. The van der Waals surface area contributed by atoms with Crippen molar-refractivity contribution in [2.24, 2.45) is 5.41 Å². The van der Waals surface area contributed by atoms with Gasteiger partial charge in [-0.3, -0.25) is 4.79 Å². The number of aromatic amines is 1. The predicted molar refractivity (Wildman–Crippen MR) is 54.7 cm³/mol. The summed E-state index contributed by atoms with van der Waals surface area (Å²) in [4.78, 5) is 11.8. The maximum absolute atomic E-state index is 11.8. The van der Waals surface area contributed by atoms with Crippen LogP contribution in [0.2, 0.25) is 0 Å². The van der Waals surface area contributed by atoms with Crippen molar-refractivity contribution in [3.05, 3.63) is 5.82 Å². The van der Waals surface area contributed by atoms with E-state index >= 15 is 0 Å². The van der Waals surface area contributed by atoms with Gasteiger partial charge in [0, 0.05) is 0 Å². The number of H-pyrrole nitrogens is 1. The standard InChI is InChI=1S/C9H14N6O/c1-4-9(3,5-10)8(16)11-6(2)7-12-14-15-13-7/h6H,4H2,1-3H3,(H,11,16)(H,12,13,14,15). The first-order valence-corrected chi connectivity index (χ1v) is 4.99. The Hall–Kier alpha value is -1.97. The van der Waals surface area contributed by atoms with Crippen LogP contribution in [0.15, 0.2) is 0 Å². The quantitative estimate of drug-likeness (QED) is 0.762. The van der Waals surface area contributed by atoms with Gasteiger partial charge in [-0.15, -0.1) is 10.2 Å². The highest BCUT2D eigenvalue weighted by Crippen LogP contribution is 2.21. The van der Waals surface area contributed by atoms with Gasteiger partial charge in [-0.25, -0.2) is 0 Å². The average Bonchev–Trinajstić information content (AvgIpc) is 2.81. The number of amides is 1. The maximum atomic E-state index is 11.8. The van der Waals surface area contributed by atoms with E-state index in [0.29, 0.717) is 12.2 Å². The third-order valence-electron chi connectivity index (χ3n) is 2.55. The summed E-state index contributed by atoms with van der Waals surface area (Å²) >= 11 is 0. The molecule has 0 saturated carbocycles. The molecule has 0 aromatic carbocycles. The Morgan fingerprint density at radius 1 is 1.75 bits per heavy atom. The molecule has 0 radical (unpaired) electrons. The lowest BCUT2D eigenvalue weighted by Gasteiger charge is -2.20. The highest BCUT2D eigenvalue weighted by atomic mass is 16.2. The SMILES string of the molecule is CCC(C)(C#N)C(=O)NC(C)c1nn[nH]n1. The van der Waals surface area contributed by atoms with Crippen LogP contribution in [0.25, 0.3) is 0 Å². The summed E-state index contributed by atoms with van der Waals surface area (Å²) in [5.41, 5.74) is -1.02. The largest absolute Gasteiger partial charge is 0.345 e. The molecule has 7 nitrogen and oxygen atoms in total. The first-order valence-electron chi connectivity index (χ1n) is 4.99. The topological polar surface area (TPSA) is 107 Å². The van der Waals surface area contributed by atoms with Gasteiger partial charge < -0.3 is 5.32 Å². The molecule has 0 bridgehead atoms. The van der Waals surface area contributed by atoms with Crippen molar-refractivity contribution in [1.82, 2.24) is 25.9 Å². The number of nitrogens with one attached hydrogen (secondary N) is 2. The molecule has 1 heterocycles. The molecule has 2 unspecified atom stereocenters. The van der Waals surface area contributed by atoms with Gasteiger partial charge in [-0.2, -0.15) is 10.5 Å². The van der Waals surface area contributed by atoms with Crippen molar-refractivity contribution in [2.75, 3.05) is 0 Å². The fraction of sp³-hybridized carbons (Fsp3) is 0.667. The summed E-state index contributed by atoms with van der Waals surface area (Å²) in [5.74, 6) is 0.0690. The zero-order valence-electron chi connectivity index (χ0n) is 9.48. The minimum atomic E-state index is -1.02. The van der Waals surface area contributed by atoms with Crippen LogP contribution in [0, 0.1) is 16.7 Å². The predicted octanol–water partition coefficient (Wildman–Crippen LogP) is 0.317. The van der Waals surface area contributed by atoms with Gasteiger partial charge in [0.1, 0.15) is 5.41 Å². The lowest BCUT2D eigenvalue weighted by molar-refractivity contribution is -0.128. The van der Waals surface area contributed by atoms with Crippen molar-refractivity contribution >= 4 is 5.91 Å². The monoisotopic (exact) mass is 222 g/mol. The molecule has 16 heavy (non-hydrogen) atoms. The molecule has 0 aliphatic rings. The first kappa shape index (κ1) is 12.1. The number of hydrogen-bond acceptors (Lipinski definition) is 5. The Bertz CT molecular complexity index is 395. The van der Waals surface area contributed by atoms with Gasteiger partial charge in [0.2, 0.25) is 5.91 Å². The van der Waals surface area contributed by atoms with E-state index in [0.717, 1.165) is 0 Å². The van der Waals surface area contributed by atoms with Gasteiger partial charge in [0.25, 0.3) is 0 Å². The fourth-order valence-corrected chi connectivity index (χ4v) is 1.06. The molecule has 1 amide bonds. The molecule has 0 spiro atoms. The second-order valence-electron chi connectivity index (χ2n) is 3.76. The number of rotatable bonds is 4. The third kappa shape index (κ3) is 2.34. The van der Waals surface area contributed by atoms with E-state index in [1.807, 2.05) is 6.07 Å². The van der Waals surface area contributed by atoms with Crippen LogP contribution in [-0.4, -0.2) is 26.5 Å². The molecule has 1 rings (SSSR count). The van der Waals surface area contributed by atoms with Crippen LogP contribution in [0.3, 0.4) is 0 Å². The van der Waals surface area contributed by atoms with Crippen LogP contribution >= 0.6 is 0 Å². The molecule has 0 aliphatic heterocycles.